The van der Waals surface area contributed by atoms with Crippen LogP contribution < -0.4 is 0 Å². The van der Waals surface area contributed by atoms with Crippen LogP contribution in [0.4, 0.5) is 0 Å². The molecule has 0 aliphatic heterocycles. The number of unbranched alkanes of at least 4 members (excludes halogenated alkanes) is 1. The molecule has 0 atom stereocenters. The van der Waals surface area contributed by atoms with E-state index in [4.69, 9.17) is 4.42 Å². The van der Waals surface area contributed by atoms with Gasteiger partial charge in [-0.3, -0.25) is 4.99 Å². The number of allylic oxidation sites excluding steroid dienone is 1. The third-order valence-corrected chi connectivity index (χ3v) is 4.25. The summed E-state index contributed by atoms with van der Waals surface area (Å²) in [5.74, 6) is 0.748. The molecule has 0 N–H and O–H groups in total. The van der Waals surface area contributed by atoms with E-state index >= 15 is 0 Å². The van der Waals surface area contributed by atoms with Gasteiger partial charge in [0.15, 0.2) is 12.2 Å². The van der Waals surface area contributed by atoms with Crippen LogP contribution in [0.15, 0.2) is 46.3 Å². The van der Waals surface area contributed by atoms with Gasteiger partial charge in [-0.05, 0) is 55.4 Å². The molecule has 0 unspecified atom stereocenters. The minimum atomic E-state index is 0.748. The van der Waals surface area contributed by atoms with Crippen molar-refractivity contribution in [1.82, 2.24) is 4.98 Å². The van der Waals surface area contributed by atoms with Gasteiger partial charge < -0.3 is 4.42 Å². The van der Waals surface area contributed by atoms with Crippen molar-refractivity contribution in [3.63, 3.8) is 0 Å². The standard InChI is InChI=1S/C21H28N2O/c1-5-7-8-19(20-13-18(6-2)10-9-16(20)3)11-12-23-17(4)21-14-22-15-24-21/h8-10,13-15H,5-7,11-12H2,1-4H3. The minimum absolute atomic E-state index is 0.748. The van der Waals surface area contributed by atoms with E-state index in [-0.39, 0.29) is 0 Å². The molecule has 0 fully saturated rings. The Labute approximate surface area is 145 Å². The molecule has 0 radical (unpaired) electrons. The predicted octanol–water partition coefficient (Wildman–Crippen LogP) is 5.63. The molecule has 0 spiro atoms. The van der Waals surface area contributed by atoms with Crippen molar-refractivity contribution >= 4 is 11.3 Å². The number of benzene rings is 1. The van der Waals surface area contributed by atoms with Crippen LogP contribution in [0.1, 0.15) is 62.5 Å². The molecule has 0 bridgehead atoms. The average molecular weight is 324 g/mol. The number of aryl methyl sites for hydroxylation is 2. The van der Waals surface area contributed by atoms with E-state index in [1.54, 1.807) is 6.20 Å². The van der Waals surface area contributed by atoms with Crippen LogP contribution in [-0.4, -0.2) is 17.2 Å². The summed E-state index contributed by atoms with van der Waals surface area (Å²) in [5.41, 5.74) is 6.40. The molecular formula is C21H28N2O. The van der Waals surface area contributed by atoms with Crippen molar-refractivity contribution in [2.45, 2.75) is 53.4 Å². The van der Waals surface area contributed by atoms with Crippen LogP contribution in [0.2, 0.25) is 0 Å². The summed E-state index contributed by atoms with van der Waals surface area (Å²) in [7, 11) is 0. The van der Waals surface area contributed by atoms with E-state index in [1.807, 2.05) is 6.92 Å². The molecule has 2 rings (SSSR count). The molecule has 1 heterocycles. The summed E-state index contributed by atoms with van der Waals surface area (Å²) < 4.78 is 5.30. The lowest BCUT2D eigenvalue weighted by atomic mass is 9.94. The average Bonchev–Trinajstić information content (AvgIpc) is 3.13. The highest BCUT2D eigenvalue weighted by molar-refractivity contribution is 5.95. The maximum absolute atomic E-state index is 5.30. The molecule has 24 heavy (non-hydrogen) atoms. The van der Waals surface area contributed by atoms with Crippen molar-refractivity contribution in [2.75, 3.05) is 6.54 Å². The highest BCUT2D eigenvalue weighted by Crippen LogP contribution is 2.25. The SMILES string of the molecule is CCCC=C(CCN=C(C)c1cnco1)c1cc(CC)ccc1C. The second-order valence-electron chi connectivity index (χ2n) is 6.10. The van der Waals surface area contributed by atoms with Crippen molar-refractivity contribution in [2.24, 2.45) is 4.99 Å². The van der Waals surface area contributed by atoms with Gasteiger partial charge in [-0.15, -0.1) is 0 Å². The van der Waals surface area contributed by atoms with Crippen molar-refractivity contribution in [1.29, 1.82) is 0 Å². The zero-order valence-corrected chi connectivity index (χ0v) is 15.3. The second kappa shape index (κ2) is 9.21. The maximum Gasteiger partial charge on any atom is 0.181 e. The first-order chi connectivity index (χ1) is 11.7. The zero-order chi connectivity index (χ0) is 17.4. The quantitative estimate of drug-likeness (QED) is 0.590. The van der Waals surface area contributed by atoms with Crippen LogP contribution in [0.3, 0.4) is 0 Å². The van der Waals surface area contributed by atoms with E-state index < -0.39 is 0 Å². The molecule has 3 heteroatoms. The Morgan fingerprint density at radius 1 is 1.29 bits per heavy atom. The summed E-state index contributed by atoms with van der Waals surface area (Å²) in [6.07, 6.45) is 9.81. The van der Waals surface area contributed by atoms with Gasteiger partial charge in [-0.2, -0.15) is 0 Å². The Balaban J connectivity index is 2.16. The fourth-order valence-electron chi connectivity index (χ4n) is 2.72. The molecule has 0 amide bonds. The molecule has 3 nitrogen and oxygen atoms in total. The molecule has 0 aliphatic rings. The normalized spacial score (nSPS) is 12.7. The minimum Gasteiger partial charge on any atom is -0.442 e. The summed E-state index contributed by atoms with van der Waals surface area (Å²) in [6, 6.07) is 6.79. The molecule has 2 aromatic rings. The van der Waals surface area contributed by atoms with Gasteiger partial charge >= 0.3 is 0 Å². The van der Waals surface area contributed by atoms with E-state index in [9.17, 15) is 0 Å². The fraction of sp³-hybridized carbons (Fsp3) is 0.429. The highest BCUT2D eigenvalue weighted by Gasteiger charge is 2.07. The summed E-state index contributed by atoms with van der Waals surface area (Å²) >= 11 is 0. The van der Waals surface area contributed by atoms with E-state index in [0.717, 1.165) is 43.7 Å². The van der Waals surface area contributed by atoms with E-state index in [1.165, 1.54) is 28.7 Å². The van der Waals surface area contributed by atoms with Gasteiger partial charge in [-0.1, -0.05) is 44.5 Å². The maximum atomic E-state index is 5.30. The van der Waals surface area contributed by atoms with Gasteiger partial charge in [0.05, 0.1) is 11.9 Å². The summed E-state index contributed by atoms with van der Waals surface area (Å²) in [4.78, 5) is 8.60. The number of rotatable bonds is 8. The van der Waals surface area contributed by atoms with Gasteiger partial charge in [0.1, 0.15) is 0 Å². The molecule has 1 aromatic carbocycles. The topological polar surface area (TPSA) is 38.4 Å². The van der Waals surface area contributed by atoms with Crippen LogP contribution in [-0.2, 0) is 6.42 Å². The predicted molar refractivity (Wildman–Crippen MR) is 102 cm³/mol. The molecule has 128 valence electrons. The molecule has 1 aromatic heterocycles. The Hall–Kier alpha value is -2.16. The van der Waals surface area contributed by atoms with Gasteiger partial charge in [0.25, 0.3) is 0 Å². The Morgan fingerprint density at radius 3 is 2.79 bits per heavy atom. The van der Waals surface area contributed by atoms with Crippen LogP contribution in [0.25, 0.3) is 5.57 Å². The molecule has 0 saturated carbocycles. The van der Waals surface area contributed by atoms with Crippen LogP contribution in [0, 0.1) is 6.92 Å². The first-order valence-electron chi connectivity index (χ1n) is 8.84. The molecule has 0 saturated heterocycles. The van der Waals surface area contributed by atoms with Crippen molar-refractivity contribution < 1.29 is 4.42 Å². The Bertz CT molecular complexity index is 697. The zero-order valence-electron chi connectivity index (χ0n) is 15.3. The summed E-state index contributed by atoms with van der Waals surface area (Å²) in [5, 5.41) is 0. The number of oxazole rings is 1. The lowest BCUT2D eigenvalue weighted by Gasteiger charge is -2.12. The van der Waals surface area contributed by atoms with Gasteiger partial charge in [0.2, 0.25) is 0 Å². The van der Waals surface area contributed by atoms with Crippen molar-refractivity contribution in [3.8, 4) is 0 Å². The third kappa shape index (κ3) is 4.92. The fourth-order valence-corrected chi connectivity index (χ4v) is 2.72. The summed E-state index contributed by atoms with van der Waals surface area (Å²) in [6.45, 7) is 9.35. The second-order valence-corrected chi connectivity index (χ2v) is 6.10. The number of hydrogen-bond acceptors (Lipinski definition) is 3. The van der Waals surface area contributed by atoms with Gasteiger partial charge in [0, 0.05) is 6.54 Å². The Morgan fingerprint density at radius 2 is 2.12 bits per heavy atom. The highest BCUT2D eigenvalue weighted by atomic mass is 16.3. The monoisotopic (exact) mass is 324 g/mol. The van der Waals surface area contributed by atoms with E-state index in [2.05, 4.69) is 55.0 Å². The lowest BCUT2D eigenvalue weighted by molar-refractivity contribution is 0.548. The number of aliphatic imine (C=N–C) groups is 1. The smallest absolute Gasteiger partial charge is 0.181 e. The number of nitrogens with zero attached hydrogens (tertiary/aromatic N) is 2. The lowest BCUT2D eigenvalue weighted by Crippen LogP contribution is -1.98. The Kier molecular flexibility index (Phi) is 6.98. The molecule has 0 aliphatic carbocycles. The van der Waals surface area contributed by atoms with E-state index in [0.29, 0.717) is 0 Å². The first kappa shape index (κ1) is 18.2. The van der Waals surface area contributed by atoms with Crippen molar-refractivity contribution in [3.05, 3.63) is 59.3 Å². The first-order valence-corrected chi connectivity index (χ1v) is 8.84. The van der Waals surface area contributed by atoms with Crippen LogP contribution >= 0.6 is 0 Å². The van der Waals surface area contributed by atoms with Gasteiger partial charge in [-0.25, -0.2) is 4.98 Å². The van der Waals surface area contributed by atoms with Crippen LogP contribution in [0.5, 0.6) is 0 Å². The number of aromatic nitrogens is 1. The molecular weight excluding hydrogens is 296 g/mol. The largest absolute Gasteiger partial charge is 0.442 e. The third-order valence-electron chi connectivity index (χ3n) is 4.25. The number of hydrogen-bond donors (Lipinski definition) is 0.